The van der Waals surface area contributed by atoms with Crippen molar-refractivity contribution in [3.8, 4) is 0 Å². The maximum Gasteiger partial charge on any atom is 0.407 e. The molecule has 3 aliphatic heterocycles. The lowest BCUT2D eigenvalue weighted by molar-refractivity contribution is -0.279. The molecule has 0 saturated carbocycles. The van der Waals surface area contributed by atoms with Gasteiger partial charge in [0.2, 0.25) is 5.79 Å². The van der Waals surface area contributed by atoms with Crippen molar-refractivity contribution in [1.82, 2.24) is 10.2 Å². The summed E-state index contributed by atoms with van der Waals surface area (Å²) in [4.78, 5) is 14.4. The van der Waals surface area contributed by atoms with E-state index in [0.29, 0.717) is 13.2 Å². The molecule has 0 unspecified atom stereocenters. The first kappa shape index (κ1) is 23.7. The summed E-state index contributed by atoms with van der Waals surface area (Å²) in [5, 5.41) is 2.54. The Balaban J connectivity index is 1.65. The number of hydrogen-bond donors (Lipinski definition) is 1. The molecule has 0 radical (unpaired) electrons. The number of rotatable bonds is 11. The van der Waals surface area contributed by atoms with Crippen LogP contribution in [-0.4, -0.2) is 80.8 Å². The highest BCUT2D eigenvalue weighted by Crippen LogP contribution is 2.47. The van der Waals surface area contributed by atoms with Crippen LogP contribution in [0.4, 0.5) is 4.79 Å². The normalized spacial score (nSPS) is 33.0. The molecule has 0 aromatic rings. The maximum atomic E-state index is 12.1. The van der Waals surface area contributed by atoms with Crippen LogP contribution >= 0.6 is 0 Å². The predicted molar refractivity (Wildman–Crippen MR) is 112 cm³/mol. The zero-order valence-electron chi connectivity index (χ0n) is 19.1. The molecular formula is C22H40N2O6. The molecule has 3 fully saturated rings. The van der Waals surface area contributed by atoms with Crippen LogP contribution in [-0.2, 0) is 23.7 Å². The molecule has 3 aliphatic rings. The smallest absolute Gasteiger partial charge is 0.407 e. The van der Waals surface area contributed by atoms with Crippen LogP contribution in [0.5, 0.6) is 0 Å². The minimum atomic E-state index is -1.06. The molecule has 3 saturated heterocycles. The summed E-state index contributed by atoms with van der Waals surface area (Å²) < 4.78 is 30.6. The van der Waals surface area contributed by atoms with Gasteiger partial charge in [0.05, 0.1) is 0 Å². The second-order valence-electron chi connectivity index (χ2n) is 9.10. The monoisotopic (exact) mass is 428 g/mol. The van der Waals surface area contributed by atoms with Crippen LogP contribution < -0.4 is 5.32 Å². The van der Waals surface area contributed by atoms with Gasteiger partial charge >= 0.3 is 6.09 Å². The van der Waals surface area contributed by atoms with Crippen LogP contribution in [0, 0.1) is 0 Å². The number of amides is 1. The molecule has 3 rings (SSSR count). The Morgan fingerprint density at radius 1 is 1.13 bits per heavy atom. The Bertz CT molecular complexity index is 554. The van der Waals surface area contributed by atoms with Crippen LogP contribution in [0.2, 0.25) is 0 Å². The fraction of sp³-hybridized carbons (Fsp3) is 0.955. The lowest BCUT2D eigenvalue weighted by Gasteiger charge is -2.30. The zero-order chi connectivity index (χ0) is 21.6. The Morgan fingerprint density at radius 3 is 2.57 bits per heavy atom. The van der Waals surface area contributed by atoms with E-state index in [0.717, 1.165) is 25.9 Å². The predicted octanol–water partition coefficient (Wildman–Crippen LogP) is 3.04. The number of carbonyl (C=O) groups excluding carboxylic acids is 1. The van der Waals surface area contributed by atoms with Crippen molar-refractivity contribution in [2.24, 2.45) is 0 Å². The molecule has 4 atom stereocenters. The molecule has 0 aliphatic carbocycles. The van der Waals surface area contributed by atoms with Gasteiger partial charge in [-0.05, 0) is 46.2 Å². The summed E-state index contributed by atoms with van der Waals surface area (Å²) in [7, 11) is 1.55. The SMILES string of the molecule is CCCCCCCOC[C@@]12O[C@@H](CN3CCCC3)[C@@H](OC(=O)NC)[C@@H]1OC(C)(C)O2. The van der Waals surface area contributed by atoms with Crippen molar-refractivity contribution in [3.63, 3.8) is 0 Å². The topological polar surface area (TPSA) is 78.5 Å². The maximum absolute atomic E-state index is 12.1. The van der Waals surface area contributed by atoms with Gasteiger partial charge in [-0.3, -0.25) is 0 Å². The average Bonchev–Trinajstić information content (AvgIpc) is 3.36. The van der Waals surface area contributed by atoms with E-state index in [4.69, 9.17) is 23.7 Å². The van der Waals surface area contributed by atoms with Crippen molar-refractivity contribution in [2.75, 3.05) is 39.9 Å². The first-order chi connectivity index (χ1) is 14.4. The fourth-order valence-corrected chi connectivity index (χ4v) is 4.67. The number of likely N-dealkylation sites (tertiary alicyclic amines) is 1. The van der Waals surface area contributed by atoms with Crippen molar-refractivity contribution in [2.45, 2.75) is 95.6 Å². The molecule has 0 aromatic carbocycles. The number of unbranched alkanes of at least 4 members (excludes halogenated alkanes) is 4. The van der Waals surface area contributed by atoms with Crippen LogP contribution in [0.25, 0.3) is 0 Å². The molecule has 8 nitrogen and oxygen atoms in total. The van der Waals surface area contributed by atoms with E-state index < -0.39 is 29.9 Å². The Morgan fingerprint density at radius 2 is 1.87 bits per heavy atom. The van der Waals surface area contributed by atoms with Gasteiger partial charge in [-0.15, -0.1) is 0 Å². The average molecular weight is 429 g/mol. The van der Waals surface area contributed by atoms with Gasteiger partial charge in [0.15, 0.2) is 18.0 Å². The molecule has 1 N–H and O–H groups in total. The molecule has 0 bridgehead atoms. The molecule has 174 valence electrons. The molecule has 8 heteroatoms. The highest BCUT2D eigenvalue weighted by atomic mass is 16.9. The molecule has 0 spiro atoms. The van der Waals surface area contributed by atoms with E-state index in [1.54, 1.807) is 7.05 Å². The molecular weight excluding hydrogens is 388 g/mol. The molecule has 30 heavy (non-hydrogen) atoms. The lowest BCUT2D eigenvalue weighted by Crippen LogP contribution is -2.46. The number of carbonyl (C=O) groups is 1. The van der Waals surface area contributed by atoms with Gasteiger partial charge in [0.25, 0.3) is 0 Å². The van der Waals surface area contributed by atoms with Crippen molar-refractivity contribution in [1.29, 1.82) is 0 Å². The van der Waals surface area contributed by atoms with Gasteiger partial charge < -0.3 is 33.9 Å². The Labute approximate surface area is 180 Å². The van der Waals surface area contributed by atoms with E-state index in [1.807, 2.05) is 13.8 Å². The summed E-state index contributed by atoms with van der Waals surface area (Å²) >= 11 is 0. The zero-order valence-corrected chi connectivity index (χ0v) is 19.1. The number of hydrogen-bond acceptors (Lipinski definition) is 7. The lowest BCUT2D eigenvalue weighted by atomic mass is 10.0. The van der Waals surface area contributed by atoms with E-state index in [9.17, 15) is 4.79 Å². The van der Waals surface area contributed by atoms with Crippen molar-refractivity contribution in [3.05, 3.63) is 0 Å². The van der Waals surface area contributed by atoms with Crippen LogP contribution in [0.1, 0.15) is 65.7 Å². The third-order valence-corrected chi connectivity index (χ3v) is 6.06. The van der Waals surface area contributed by atoms with E-state index >= 15 is 0 Å². The highest BCUT2D eigenvalue weighted by molar-refractivity contribution is 5.67. The molecule has 1 amide bonds. The number of nitrogens with one attached hydrogen (secondary N) is 1. The van der Waals surface area contributed by atoms with Gasteiger partial charge in [0, 0.05) is 20.2 Å². The quantitative estimate of drug-likeness (QED) is 0.507. The van der Waals surface area contributed by atoms with E-state index in [2.05, 4.69) is 17.1 Å². The minimum Gasteiger partial charge on any atom is -0.440 e. The number of alkyl carbamates (subject to hydrolysis) is 1. The first-order valence-electron chi connectivity index (χ1n) is 11.6. The number of fused-ring (bicyclic) bond motifs is 1. The third-order valence-electron chi connectivity index (χ3n) is 6.06. The van der Waals surface area contributed by atoms with Crippen molar-refractivity contribution >= 4 is 6.09 Å². The number of nitrogens with zero attached hydrogens (tertiary/aromatic N) is 1. The fourth-order valence-electron chi connectivity index (χ4n) is 4.67. The van der Waals surface area contributed by atoms with Crippen LogP contribution in [0.3, 0.4) is 0 Å². The second kappa shape index (κ2) is 10.6. The van der Waals surface area contributed by atoms with E-state index in [1.165, 1.54) is 32.1 Å². The summed E-state index contributed by atoms with van der Waals surface area (Å²) in [6.07, 6.45) is 6.36. The third kappa shape index (κ3) is 5.85. The largest absolute Gasteiger partial charge is 0.440 e. The summed E-state index contributed by atoms with van der Waals surface area (Å²) in [5.74, 6) is -1.89. The number of ether oxygens (including phenoxy) is 5. The highest BCUT2D eigenvalue weighted by Gasteiger charge is 2.66. The summed E-state index contributed by atoms with van der Waals surface area (Å²) in [6.45, 7) is 9.59. The standard InChI is InChI=1S/C22H40N2O6/c1-5-6-7-8-11-14-26-16-22-19(29-21(2,3)30-22)18(27-20(25)23-4)17(28-22)15-24-12-9-10-13-24/h17-19H,5-16H2,1-4H3,(H,23,25)/t17-,18+,19-,22-/m0/s1. The van der Waals surface area contributed by atoms with Gasteiger partial charge in [0.1, 0.15) is 12.7 Å². The Hall–Kier alpha value is -0.930. The van der Waals surface area contributed by atoms with E-state index in [-0.39, 0.29) is 12.7 Å². The van der Waals surface area contributed by atoms with Gasteiger partial charge in [-0.1, -0.05) is 32.6 Å². The molecule has 3 heterocycles. The minimum absolute atomic E-state index is 0.263. The van der Waals surface area contributed by atoms with Gasteiger partial charge in [-0.2, -0.15) is 0 Å². The van der Waals surface area contributed by atoms with Crippen molar-refractivity contribution < 1.29 is 28.5 Å². The first-order valence-corrected chi connectivity index (χ1v) is 11.6. The Kier molecular flexibility index (Phi) is 8.38. The van der Waals surface area contributed by atoms with Gasteiger partial charge in [-0.25, -0.2) is 4.79 Å². The summed E-state index contributed by atoms with van der Waals surface area (Å²) in [6, 6.07) is 0. The molecule has 0 aromatic heterocycles. The van der Waals surface area contributed by atoms with Crippen LogP contribution in [0.15, 0.2) is 0 Å². The summed E-state index contributed by atoms with van der Waals surface area (Å²) in [5.41, 5.74) is 0. The second-order valence-corrected chi connectivity index (χ2v) is 9.10.